The molecule has 1 aromatic rings. The highest BCUT2D eigenvalue weighted by Gasteiger charge is 2.07. The summed E-state index contributed by atoms with van der Waals surface area (Å²) in [5.74, 6) is 1.36. The number of primary amides is 1. The van der Waals surface area contributed by atoms with Gasteiger partial charge in [0.15, 0.2) is 0 Å². The van der Waals surface area contributed by atoms with Crippen molar-refractivity contribution < 1.29 is 9.53 Å². The molecule has 8 heteroatoms. The molecule has 0 bridgehead atoms. The van der Waals surface area contributed by atoms with Gasteiger partial charge in [-0.1, -0.05) is 6.92 Å². The van der Waals surface area contributed by atoms with Crippen LogP contribution in [-0.4, -0.2) is 35.8 Å². The van der Waals surface area contributed by atoms with Gasteiger partial charge in [-0.25, -0.2) is 14.8 Å². The summed E-state index contributed by atoms with van der Waals surface area (Å²) in [5, 5.41) is 6.18. The third kappa shape index (κ3) is 4.74. The van der Waals surface area contributed by atoms with Gasteiger partial charge in [0.1, 0.15) is 29.0 Å². The fourth-order valence-corrected chi connectivity index (χ4v) is 1.67. The summed E-state index contributed by atoms with van der Waals surface area (Å²) in [6.07, 6.45) is 1.68. The Morgan fingerprint density at radius 2 is 2.00 bits per heavy atom. The minimum Gasteiger partial charge on any atom is -0.448 e. The van der Waals surface area contributed by atoms with Crippen molar-refractivity contribution in [1.29, 1.82) is 0 Å². The molecule has 100 valence electrons. The number of nitrogens with zero attached hydrogens (tertiary/aromatic N) is 2. The van der Waals surface area contributed by atoms with Gasteiger partial charge in [0.25, 0.3) is 0 Å². The van der Waals surface area contributed by atoms with E-state index in [0.29, 0.717) is 12.4 Å². The minimum atomic E-state index is -0.788. The van der Waals surface area contributed by atoms with Crippen LogP contribution in [0.15, 0.2) is 10.8 Å². The van der Waals surface area contributed by atoms with Crippen LogP contribution < -0.4 is 16.4 Å². The second kappa shape index (κ2) is 7.70. The molecule has 0 spiro atoms. The highest BCUT2D eigenvalue weighted by molar-refractivity contribution is 9.10. The Labute approximate surface area is 114 Å². The summed E-state index contributed by atoms with van der Waals surface area (Å²) in [5.41, 5.74) is 4.85. The zero-order valence-electron chi connectivity index (χ0n) is 10.1. The highest BCUT2D eigenvalue weighted by Crippen LogP contribution is 2.26. The Balaban J connectivity index is 2.52. The summed E-state index contributed by atoms with van der Waals surface area (Å²) < 4.78 is 5.35. The average Bonchev–Trinajstić information content (AvgIpc) is 2.34. The first kappa shape index (κ1) is 14.5. The maximum absolute atomic E-state index is 10.4. The number of ether oxygens (including phenoxy) is 1. The Morgan fingerprint density at radius 3 is 2.56 bits per heavy atom. The van der Waals surface area contributed by atoms with Gasteiger partial charge >= 0.3 is 6.09 Å². The lowest BCUT2D eigenvalue weighted by molar-refractivity contribution is 0.161. The fraction of sp³-hybridized carbons (Fsp3) is 0.500. The van der Waals surface area contributed by atoms with E-state index in [1.54, 1.807) is 0 Å². The van der Waals surface area contributed by atoms with Gasteiger partial charge in [0, 0.05) is 6.54 Å². The van der Waals surface area contributed by atoms with Crippen molar-refractivity contribution in [2.24, 2.45) is 5.73 Å². The number of nitrogens with two attached hydrogens (primary N) is 1. The molecule has 0 aliphatic carbocycles. The maximum atomic E-state index is 10.4. The number of nitrogens with one attached hydrogen (secondary N) is 2. The van der Waals surface area contributed by atoms with Gasteiger partial charge in [-0.15, -0.1) is 0 Å². The summed E-state index contributed by atoms with van der Waals surface area (Å²) in [6.45, 7) is 3.51. The first-order valence-electron chi connectivity index (χ1n) is 5.55. The highest BCUT2D eigenvalue weighted by atomic mass is 79.9. The zero-order chi connectivity index (χ0) is 13.4. The number of aromatic nitrogens is 2. The van der Waals surface area contributed by atoms with Crippen LogP contribution in [-0.2, 0) is 4.74 Å². The van der Waals surface area contributed by atoms with Gasteiger partial charge in [0.05, 0.1) is 6.54 Å². The van der Waals surface area contributed by atoms with Gasteiger partial charge in [-0.3, -0.25) is 0 Å². The molecule has 7 nitrogen and oxygen atoms in total. The first-order valence-corrected chi connectivity index (χ1v) is 6.35. The summed E-state index contributed by atoms with van der Waals surface area (Å²) >= 11 is 3.41. The van der Waals surface area contributed by atoms with Crippen LogP contribution in [0.4, 0.5) is 16.4 Å². The van der Waals surface area contributed by atoms with E-state index in [0.717, 1.165) is 23.3 Å². The molecule has 18 heavy (non-hydrogen) atoms. The van der Waals surface area contributed by atoms with E-state index in [4.69, 9.17) is 5.73 Å². The Morgan fingerprint density at radius 1 is 1.39 bits per heavy atom. The number of halogens is 1. The van der Waals surface area contributed by atoms with Crippen LogP contribution in [0, 0.1) is 0 Å². The van der Waals surface area contributed by atoms with E-state index in [2.05, 4.69) is 48.2 Å². The van der Waals surface area contributed by atoms with Crippen molar-refractivity contribution in [2.45, 2.75) is 13.3 Å². The monoisotopic (exact) mass is 317 g/mol. The standard InChI is InChI=1S/C10H16BrN5O2/c1-2-3-13-8-7(11)9(16-6-15-8)14-4-5-18-10(12)17/h6H,2-5H2,1H3,(H2,12,17)(H2,13,14,15,16). The molecule has 0 radical (unpaired) electrons. The van der Waals surface area contributed by atoms with Crippen molar-refractivity contribution >= 4 is 33.7 Å². The van der Waals surface area contributed by atoms with Gasteiger partial charge in [-0.05, 0) is 22.4 Å². The smallest absolute Gasteiger partial charge is 0.404 e. The predicted octanol–water partition coefficient (Wildman–Crippen LogP) is 1.57. The fourth-order valence-electron chi connectivity index (χ4n) is 1.18. The number of hydrogen-bond acceptors (Lipinski definition) is 6. The number of carbonyl (C=O) groups is 1. The average molecular weight is 318 g/mol. The molecule has 0 saturated heterocycles. The van der Waals surface area contributed by atoms with Crippen molar-refractivity contribution in [3.05, 3.63) is 10.8 Å². The van der Waals surface area contributed by atoms with Crippen LogP contribution >= 0.6 is 15.9 Å². The molecule has 1 heterocycles. The number of anilines is 2. The van der Waals surface area contributed by atoms with Crippen molar-refractivity contribution in [3.63, 3.8) is 0 Å². The molecule has 1 rings (SSSR count). The van der Waals surface area contributed by atoms with Crippen LogP contribution in [0.2, 0.25) is 0 Å². The summed E-state index contributed by atoms with van der Waals surface area (Å²) in [4.78, 5) is 18.6. The Bertz CT molecular complexity index is 402. The lowest BCUT2D eigenvalue weighted by Crippen LogP contribution is -2.19. The molecule has 0 saturated carbocycles. The van der Waals surface area contributed by atoms with E-state index in [-0.39, 0.29) is 6.61 Å². The SMILES string of the molecule is CCCNc1ncnc(NCCOC(N)=O)c1Br. The minimum absolute atomic E-state index is 0.184. The maximum Gasteiger partial charge on any atom is 0.404 e. The first-order chi connectivity index (χ1) is 8.65. The third-order valence-electron chi connectivity index (χ3n) is 1.97. The lowest BCUT2D eigenvalue weighted by atomic mass is 10.4. The quantitative estimate of drug-likeness (QED) is 0.660. The lowest BCUT2D eigenvalue weighted by Gasteiger charge is -2.11. The van der Waals surface area contributed by atoms with Gasteiger partial charge in [-0.2, -0.15) is 0 Å². The Hall–Kier alpha value is -1.57. The van der Waals surface area contributed by atoms with Gasteiger partial charge < -0.3 is 21.1 Å². The molecule has 1 aromatic heterocycles. The summed E-state index contributed by atoms with van der Waals surface area (Å²) in [6, 6.07) is 0. The second-order valence-corrected chi connectivity index (χ2v) is 4.20. The molecule has 1 amide bonds. The van der Waals surface area contributed by atoms with E-state index in [1.165, 1.54) is 6.33 Å². The predicted molar refractivity (Wildman–Crippen MR) is 72.5 cm³/mol. The van der Waals surface area contributed by atoms with Crippen molar-refractivity contribution in [2.75, 3.05) is 30.3 Å². The van der Waals surface area contributed by atoms with Crippen LogP contribution in [0.1, 0.15) is 13.3 Å². The molecule has 0 aliphatic rings. The van der Waals surface area contributed by atoms with Gasteiger partial charge in [0.2, 0.25) is 0 Å². The number of rotatable bonds is 7. The molecular formula is C10H16BrN5O2. The van der Waals surface area contributed by atoms with Crippen LogP contribution in [0.3, 0.4) is 0 Å². The van der Waals surface area contributed by atoms with E-state index in [9.17, 15) is 4.79 Å². The molecule has 4 N–H and O–H groups in total. The number of amides is 1. The van der Waals surface area contributed by atoms with E-state index in [1.807, 2.05) is 0 Å². The van der Waals surface area contributed by atoms with Crippen LogP contribution in [0.25, 0.3) is 0 Å². The Kier molecular flexibility index (Phi) is 6.20. The number of carbonyl (C=O) groups excluding carboxylic acids is 1. The molecular weight excluding hydrogens is 302 g/mol. The van der Waals surface area contributed by atoms with Crippen molar-refractivity contribution in [3.8, 4) is 0 Å². The molecule has 0 aromatic carbocycles. The molecule has 0 atom stereocenters. The molecule has 0 fully saturated rings. The topological polar surface area (TPSA) is 102 Å². The van der Waals surface area contributed by atoms with Crippen molar-refractivity contribution in [1.82, 2.24) is 9.97 Å². The van der Waals surface area contributed by atoms with E-state index < -0.39 is 6.09 Å². The van der Waals surface area contributed by atoms with E-state index >= 15 is 0 Å². The normalized spacial score (nSPS) is 9.89. The summed E-state index contributed by atoms with van der Waals surface area (Å²) in [7, 11) is 0. The zero-order valence-corrected chi connectivity index (χ0v) is 11.7. The largest absolute Gasteiger partial charge is 0.448 e. The van der Waals surface area contributed by atoms with Crippen LogP contribution in [0.5, 0.6) is 0 Å². The second-order valence-electron chi connectivity index (χ2n) is 3.41. The molecule has 0 aliphatic heterocycles. The third-order valence-corrected chi connectivity index (χ3v) is 2.72. The molecule has 0 unspecified atom stereocenters. The number of hydrogen-bond donors (Lipinski definition) is 3.